The molecule has 145 heavy (non-hydrogen) atoms. The Morgan fingerprint density at radius 3 is 0.821 bits per heavy atom. The van der Waals surface area contributed by atoms with Crippen LogP contribution in [0.5, 0.6) is 0 Å². The van der Waals surface area contributed by atoms with Crippen molar-refractivity contribution in [2.24, 2.45) is 0 Å². The first-order valence-corrected chi connectivity index (χ1v) is 54.0. The van der Waals surface area contributed by atoms with Crippen LogP contribution in [-0.2, 0) is 131 Å². The first-order valence-electron chi connectivity index (χ1n) is 54.0. The van der Waals surface area contributed by atoms with Gasteiger partial charge < -0.3 is 28.4 Å². The zero-order valence-electron chi connectivity index (χ0n) is 90.2. The zero-order chi connectivity index (χ0) is 104. The van der Waals surface area contributed by atoms with Crippen molar-refractivity contribution in [1.29, 1.82) is 0 Å². The lowest BCUT2D eigenvalue weighted by Gasteiger charge is -2.19. The Hall–Kier alpha value is -12.6. The number of fused-ring (bicyclic) bond motifs is 4. The van der Waals surface area contributed by atoms with Crippen molar-refractivity contribution >= 4 is 66.4 Å². The van der Waals surface area contributed by atoms with Crippen molar-refractivity contribution in [2.75, 3.05) is 53.9 Å². The predicted molar refractivity (Wildman–Crippen MR) is 619 cm³/mol. The minimum atomic E-state index is -0.300. The van der Waals surface area contributed by atoms with E-state index >= 15 is 0 Å². The summed E-state index contributed by atoms with van der Waals surface area (Å²) in [7, 11) is 3.37. The first-order chi connectivity index (χ1) is 70.9. The minimum Gasteiger partial charge on any atom is -0.463 e. The van der Waals surface area contributed by atoms with E-state index in [9.17, 15) is 19.2 Å². The smallest absolute Gasteiger partial charge is 0.330 e. The molecule has 4 aliphatic rings. The number of unbranched alkanes of at least 4 members (excludes halogenated alkanes) is 13. The number of aryl methyl sites for hydroxylation is 15. The fourth-order valence-electron chi connectivity index (χ4n) is 15.4. The summed E-state index contributed by atoms with van der Waals surface area (Å²) in [5.41, 5.74) is 30.4. The second-order valence-corrected chi connectivity index (χ2v) is 36.9. The summed E-state index contributed by atoms with van der Waals surface area (Å²) >= 11 is 0. The van der Waals surface area contributed by atoms with E-state index in [0.29, 0.717) is 33.0 Å². The molecule has 0 aliphatic heterocycles. The summed E-state index contributed by atoms with van der Waals surface area (Å²) in [6.07, 6.45) is 59.8. The molecular weight excluding hydrogens is 1780 g/mol. The lowest BCUT2D eigenvalue weighted by molar-refractivity contribution is -0.138. The molecule has 11 aromatic rings. The number of hydrogen-bond donors (Lipinski definition) is 0. The Bertz CT molecular complexity index is 5460. The highest BCUT2D eigenvalue weighted by atomic mass is 16.5. The summed E-state index contributed by atoms with van der Waals surface area (Å²) in [5.74, 6) is -1.13. The van der Waals surface area contributed by atoms with Gasteiger partial charge in [0, 0.05) is 51.7 Å². The van der Waals surface area contributed by atoms with E-state index < -0.39 is 0 Å². The predicted octanol–water partition coefficient (Wildman–Crippen LogP) is 34.1. The molecule has 10 nitrogen and oxygen atoms in total. The SMILES string of the molecule is C=Cc1cccc(C)c1.C=Cc1cccc(CCCC)c1.C=Cc1cccc(CCCCCC)c1.CCCCCCc1ccc2c(c1)CC2.CCCCOC(=O)/C=C/c1ccccc1.CCCCc1ccc2c(c1)CC2.CCCOC(=O)/C=C/c1ccccc1.CCc1ccc2c(c1)CC2.COCCCCCCOC(=O)/C=C/c1ccccc1.COCCCCOC(=O)/C=C/c1ccccc1.Cc1ccc2c(c1)CC2. The quantitative estimate of drug-likeness (QED) is 0.0158. The third-order valence-electron chi connectivity index (χ3n) is 24.7. The van der Waals surface area contributed by atoms with Crippen LogP contribution in [0.25, 0.3) is 42.5 Å². The van der Waals surface area contributed by atoms with Crippen LogP contribution < -0.4 is 0 Å². The number of esters is 4. The molecule has 4 aliphatic carbocycles. The molecule has 0 radical (unpaired) electrons. The van der Waals surface area contributed by atoms with E-state index in [2.05, 4.69) is 209 Å². The van der Waals surface area contributed by atoms with Gasteiger partial charge in [0.05, 0.1) is 26.4 Å². The van der Waals surface area contributed by atoms with Crippen LogP contribution in [0.3, 0.4) is 0 Å². The normalized spacial score (nSPS) is 11.4. The van der Waals surface area contributed by atoms with Gasteiger partial charge in [-0.1, -0.05) is 429 Å². The summed E-state index contributed by atoms with van der Waals surface area (Å²) < 4.78 is 29.9. The maximum Gasteiger partial charge on any atom is 0.330 e. The van der Waals surface area contributed by atoms with Crippen molar-refractivity contribution in [3.63, 3.8) is 0 Å². The standard InChI is InChI=1S/C16H22O3.C14H18O3.2C14H20.C13H16O2.C12H14O2.2C12H16.C10H12.2C9H10/c1-18-13-7-2-3-8-14-19-16(17)12-11-15-9-5-4-6-10-15;1-16-11-5-6-12-17-14(15)10-9-13-7-3-2-4-8-13;1-2-3-4-5-6-12-7-8-13-9-10-14(13)11-12;1-3-5-6-7-9-14-11-8-10-13(4-2)12-14;1-2-3-11-15-13(14)10-9-12-7-5-4-6-8-12;1-2-10-14-12(13)9-8-11-6-4-3-5-7-11;1-2-3-4-10-5-6-11-7-8-12(11)9-10;1-3-5-7-12-9-6-8-11(4-2)10-12;1-2-8-3-4-9-5-6-10(9)7-8;1-7-2-3-8-4-5-9(8)6-7;1-3-9-6-4-5-8(2)7-9/h4-6,9-12H,2-3,7-8,13-14H2,1H3;2-4,7-10H,5-6,11-12H2,1H3;7-8,11H,2-6,9-10H2,1H3;4,8,10-12H,2-3,5-7,9H2,1H3;4-10H,2-3,11H2,1H3;3-9H,2,10H2,1H3;5-6,9H,2-4,7-8H2,1H3;4,6,8-10H,2-3,5,7H2,1H3;3-4,7H,2,5-6H2,1H3;2-3,6H,4-5H2,1H3;3-7H,1H2,2H3/b12-11+;10-9+;;;10-9+;9-8+;;;;;. The Labute approximate surface area is 876 Å². The molecule has 0 spiro atoms. The lowest BCUT2D eigenvalue weighted by atomic mass is 9.86. The molecule has 0 N–H and O–H groups in total. The van der Waals surface area contributed by atoms with Gasteiger partial charge in [-0.05, 0) is 304 Å². The minimum absolute atomic E-state index is 0.271. The molecule has 0 saturated carbocycles. The number of carbonyl (C=O) groups is 4. The van der Waals surface area contributed by atoms with Crippen LogP contribution in [0.1, 0.15) is 306 Å². The molecule has 0 bridgehead atoms. The number of methoxy groups -OCH3 is 2. The van der Waals surface area contributed by atoms with Crippen molar-refractivity contribution in [3.8, 4) is 0 Å². The summed E-state index contributed by atoms with van der Waals surface area (Å²) in [6.45, 7) is 34.1. The fraction of sp³-hybridized carbons (Fsp3) is 0.378. The second kappa shape index (κ2) is 80.7. The van der Waals surface area contributed by atoms with Gasteiger partial charge in [0.15, 0.2) is 0 Å². The Morgan fingerprint density at radius 2 is 0.510 bits per heavy atom. The van der Waals surface area contributed by atoms with Crippen LogP contribution in [0.4, 0.5) is 0 Å². The van der Waals surface area contributed by atoms with Gasteiger partial charge in [-0.25, -0.2) is 19.2 Å². The largest absolute Gasteiger partial charge is 0.463 e. The monoisotopic (exact) mass is 1960 g/mol. The number of benzene rings is 11. The Morgan fingerprint density at radius 1 is 0.234 bits per heavy atom. The molecular formula is C135H174O10. The van der Waals surface area contributed by atoms with Gasteiger partial charge in [0.25, 0.3) is 0 Å². The van der Waals surface area contributed by atoms with Crippen LogP contribution >= 0.6 is 0 Å². The molecule has 0 unspecified atom stereocenters. The molecule has 0 fully saturated rings. The topological polar surface area (TPSA) is 124 Å². The van der Waals surface area contributed by atoms with Crippen molar-refractivity contribution < 1.29 is 47.6 Å². The van der Waals surface area contributed by atoms with Gasteiger partial charge in [-0.15, -0.1) is 0 Å². The molecule has 11 aromatic carbocycles. The van der Waals surface area contributed by atoms with E-state index in [1.165, 1.54) is 235 Å². The van der Waals surface area contributed by atoms with Crippen LogP contribution in [0.2, 0.25) is 0 Å². The van der Waals surface area contributed by atoms with Crippen molar-refractivity contribution in [2.45, 2.75) is 281 Å². The van der Waals surface area contributed by atoms with Crippen molar-refractivity contribution in [1.82, 2.24) is 0 Å². The second-order valence-electron chi connectivity index (χ2n) is 36.9. The third-order valence-corrected chi connectivity index (χ3v) is 24.7. The number of carbonyl (C=O) groups excluding carboxylic acids is 4. The highest BCUT2D eigenvalue weighted by molar-refractivity contribution is 5.88. The van der Waals surface area contributed by atoms with E-state index in [4.69, 9.17) is 28.4 Å². The van der Waals surface area contributed by atoms with E-state index in [-0.39, 0.29) is 23.9 Å². The third kappa shape index (κ3) is 58.2. The van der Waals surface area contributed by atoms with Gasteiger partial charge in [-0.3, -0.25) is 0 Å². The average molecular weight is 1960 g/mol. The van der Waals surface area contributed by atoms with E-state index in [1.807, 2.05) is 159 Å². The summed E-state index contributed by atoms with van der Waals surface area (Å²) in [6, 6.07) is 91.9. The molecule has 0 amide bonds. The van der Waals surface area contributed by atoms with Gasteiger partial charge in [-0.2, -0.15) is 0 Å². The molecule has 15 rings (SSSR count). The number of hydrogen-bond acceptors (Lipinski definition) is 10. The lowest BCUT2D eigenvalue weighted by Crippen LogP contribution is -2.08. The van der Waals surface area contributed by atoms with Crippen molar-refractivity contribution in [3.05, 3.63) is 433 Å². The maximum absolute atomic E-state index is 11.4. The van der Waals surface area contributed by atoms with E-state index in [1.54, 1.807) is 88.6 Å². The molecule has 0 heterocycles. The van der Waals surface area contributed by atoms with Gasteiger partial charge >= 0.3 is 23.9 Å². The van der Waals surface area contributed by atoms with Crippen LogP contribution in [0, 0.1) is 13.8 Å². The average Bonchev–Trinajstić information content (AvgIpc) is 0.799. The fourth-order valence-corrected chi connectivity index (χ4v) is 15.4. The molecule has 0 aromatic heterocycles. The van der Waals surface area contributed by atoms with Crippen LogP contribution in [0.15, 0.2) is 311 Å². The zero-order valence-corrected chi connectivity index (χ0v) is 90.2. The number of ether oxygens (including phenoxy) is 6. The molecule has 10 heteroatoms. The Kier molecular flexibility index (Phi) is 68.4. The molecule has 0 atom stereocenters. The number of rotatable bonds is 45. The van der Waals surface area contributed by atoms with Crippen LogP contribution in [-0.4, -0.2) is 77.7 Å². The summed E-state index contributed by atoms with van der Waals surface area (Å²) in [4.78, 5) is 45.0. The maximum atomic E-state index is 11.4. The molecule has 774 valence electrons. The van der Waals surface area contributed by atoms with Gasteiger partial charge in [0.2, 0.25) is 0 Å². The van der Waals surface area contributed by atoms with Gasteiger partial charge in [0.1, 0.15) is 0 Å². The summed E-state index contributed by atoms with van der Waals surface area (Å²) in [5, 5.41) is 0. The Balaban J connectivity index is 0.000000282. The highest BCUT2D eigenvalue weighted by Crippen LogP contribution is 2.28. The first kappa shape index (κ1) is 123. The van der Waals surface area contributed by atoms with E-state index in [0.717, 1.165) is 86.6 Å². The molecule has 0 saturated heterocycles. The highest BCUT2D eigenvalue weighted by Gasteiger charge is 2.16.